The van der Waals surface area contributed by atoms with Gasteiger partial charge in [0.25, 0.3) is 5.91 Å². The SMILES string of the molecule is C=C/C=C(/NC(=O)CCCCCNC(=O)c1sc(-c2ccccn2)nc1C)C(=C)N. The van der Waals surface area contributed by atoms with E-state index < -0.39 is 0 Å². The maximum Gasteiger partial charge on any atom is 0.263 e. The summed E-state index contributed by atoms with van der Waals surface area (Å²) in [7, 11) is 0. The number of nitrogens with two attached hydrogens (primary N) is 1. The molecule has 0 saturated heterocycles. The predicted molar refractivity (Wildman–Crippen MR) is 121 cm³/mol. The molecule has 0 aliphatic carbocycles. The third-order valence-electron chi connectivity index (χ3n) is 4.16. The normalized spacial score (nSPS) is 11.0. The van der Waals surface area contributed by atoms with Gasteiger partial charge in [-0.25, -0.2) is 4.98 Å². The number of thiazole rings is 1. The monoisotopic (exact) mass is 425 g/mol. The quantitative estimate of drug-likeness (QED) is 0.377. The summed E-state index contributed by atoms with van der Waals surface area (Å²) in [6.07, 6.45) is 7.54. The summed E-state index contributed by atoms with van der Waals surface area (Å²) < 4.78 is 0. The highest BCUT2D eigenvalue weighted by molar-refractivity contribution is 7.17. The molecule has 0 radical (unpaired) electrons. The molecule has 0 unspecified atom stereocenters. The number of nitrogens with one attached hydrogen (secondary N) is 2. The topological polar surface area (TPSA) is 110 Å². The molecule has 2 aromatic heterocycles. The van der Waals surface area contributed by atoms with Gasteiger partial charge < -0.3 is 16.4 Å². The first-order valence-corrected chi connectivity index (χ1v) is 10.5. The van der Waals surface area contributed by atoms with Gasteiger partial charge in [0.15, 0.2) is 0 Å². The Balaban J connectivity index is 1.71. The highest BCUT2D eigenvalue weighted by Crippen LogP contribution is 2.26. The fraction of sp³-hybridized carbons (Fsp3) is 0.273. The van der Waals surface area contributed by atoms with E-state index in [0.717, 1.165) is 23.5 Å². The minimum atomic E-state index is -0.134. The largest absolute Gasteiger partial charge is 0.398 e. The van der Waals surface area contributed by atoms with E-state index in [2.05, 4.69) is 33.8 Å². The Kier molecular flexibility index (Phi) is 8.96. The summed E-state index contributed by atoms with van der Waals surface area (Å²) in [5.74, 6) is -0.258. The van der Waals surface area contributed by atoms with Crippen molar-refractivity contribution >= 4 is 23.2 Å². The summed E-state index contributed by atoms with van der Waals surface area (Å²) in [5, 5.41) is 6.37. The summed E-state index contributed by atoms with van der Waals surface area (Å²) in [6, 6.07) is 5.60. The van der Waals surface area contributed by atoms with Crippen LogP contribution in [0, 0.1) is 6.92 Å². The Morgan fingerprint density at radius 2 is 2.07 bits per heavy atom. The number of pyridine rings is 1. The first-order chi connectivity index (χ1) is 14.4. The molecule has 0 spiro atoms. The summed E-state index contributed by atoms with van der Waals surface area (Å²) >= 11 is 1.34. The lowest BCUT2D eigenvalue weighted by Crippen LogP contribution is -2.26. The van der Waals surface area contributed by atoms with E-state index in [-0.39, 0.29) is 17.5 Å². The van der Waals surface area contributed by atoms with Gasteiger partial charge in [-0.15, -0.1) is 11.3 Å². The molecule has 0 aliphatic rings. The second kappa shape index (κ2) is 11.7. The molecule has 0 aromatic carbocycles. The Morgan fingerprint density at radius 1 is 1.27 bits per heavy atom. The highest BCUT2D eigenvalue weighted by Gasteiger charge is 2.16. The van der Waals surface area contributed by atoms with Crippen LogP contribution in [0.25, 0.3) is 10.7 Å². The molecule has 2 rings (SSSR count). The van der Waals surface area contributed by atoms with Crippen molar-refractivity contribution < 1.29 is 9.59 Å². The number of aromatic nitrogens is 2. The van der Waals surface area contributed by atoms with Gasteiger partial charge in [0.1, 0.15) is 9.88 Å². The number of hydrogen-bond donors (Lipinski definition) is 3. The van der Waals surface area contributed by atoms with Crippen molar-refractivity contribution in [2.45, 2.75) is 32.6 Å². The standard InChI is InChI=1S/C22H27N5O2S/c1-4-10-17(15(2)23)27-19(28)12-6-5-8-14-25-21(29)20-16(3)26-22(30-20)18-11-7-9-13-24-18/h4,7,9-11,13H,1-2,5-6,8,12,14,23H2,3H3,(H,25,29)(H,27,28)/b17-10+. The molecule has 158 valence electrons. The number of nitrogens with zero attached hydrogens (tertiary/aromatic N) is 2. The van der Waals surface area contributed by atoms with Crippen molar-refractivity contribution in [2.75, 3.05) is 6.54 Å². The van der Waals surface area contributed by atoms with Gasteiger partial charge in [-0.3, -0.25) is 14.6 Å². The van der Waals surface area contributed by atoms with E-state index >= 15 is 0 Å². The number of aryl methyl sites for hydroxylation is 1. The van der Waals surface area contributed by atoms with E-state index in [1.165, 1.54) is 11.3 Å². The maximum atomic E-state index is 12.4. The smallest absolute Gasteiger partial charge is 0.263 e. The van der Waals surface area contributed by atoms with Gasteiger partial charge in [-0.05, 0) is 38.0 Å². The number of carbonyl (C=O) groups excluding carboxylic acids is 2. The van der Waals surface area contributed by atoms with Crippen LogP contribution in [0.3, 0.4) is 0 Å². The van der Waals surface area contributed by atoms with E-state index in [9.17, 15) is 9.59 Å². The molecule has 0 bridgehead atoms. The first-order valence-electron chi connectivity index (χ1n) is 9.66. The average Bonchev–Trinajstić information content (AvgIpc) is 3.12. The van der Waals surface area contributed by atoms with Crippen molar-refractivity contribution in [1.82, 2.24) is 20.6 Å². The van der Waals surface area contributed by atoms with Crippen molar-refractivity contribution in [3.63, 3.8) is 0 Å². The Labute approximate surface area is 180 Å². The van der Waals surface area contributed by atoms with Crippen LogP contribution < -0.4 is 16.4 Å². The number of rotatable bonds is 11. The lowest BCUT2D eigenvalue weighted by atomic mass is 10.2. The van der Waals surface area contributed by atoms with Crippen molar-refractivity contribution in [2.24, 2.45) is 5.73 Å². The zero-order valence-corrected chi connectivity index (χ0v) is 17.9. The summed E-state index contributed by atoms with van der Waals surface area (Å²) in [5.41, 5.74) is 7.82. The molecule has 7 nitrogen and oxygen atoms in total. The number of carbonyl (C=O) groups is 2. The zero-order valence-electron chi connectivity index (χ0n) is 17.1. The highest BCUT2D eigenvalue weighted by atomic mass is 32.1. The molecule has 30 heavy (non-hydrogen) atoms. The van der Waals surface area contributed by atoms with Crippen LogP contribution in [-0.2, 0) is 4.79 Å². The van der Waals surface area contributed by atoms with E-state index in [0.29, 0.717) is 35.7 Å². The van der Waals surface area contributed by atoms with E-state index in [4.69, 9.17) is 5.73 Å². The molecule has 4 N–H and O–H groups in total. The molecule has 2 aromatic rings. The molecule has 8 heteroatoms. The third-order valence-corrected chi connectivity index (χ3v) is 5.34. The molecule has 2 heterocycles. The fourth-order valence-electron chi connectivity index (χ4n) is 2.63. The molecule has 0 saturated carbocycles. The maximum absolute atomic E-state index is 12.4. The number of amides is 2. The molecule has 2 amide bonds. The predicted octanol–water partition coefficient (Wildman–Crippen LogP) is 3.46. The zero-order chi connectivity index (χ0) is 21.9. The van der Waals surface area contributed by atoms with Gasteiger partial charge in [0.2, 0.25) is 5.91 Å². The molecule has 0 fully saturated rings. The minimum Gasteiger partial charge on any atom is -0.398 e. The summed E-state index contributed by atoms with van der Waals surface area (Å²) in [4.78, 5) is 33.7. The van der Waals surface area contributed by atoms with Crippen LogP contribution >= 0.6 is 11.3 Å². The fourth-order valence-corrected chi connectivity index (χ4v) is 3.59. The van der Waals surface area contributed by atoms with Crippen LogP contribution in [0.15, 0.2) is 61.1 Å². The van der Waals surface area contributed by atoms with Crippen LogP contribution in [0.2, 0.25) is 0 Å². The number of hydrogen-bond acceptors (Lipinski definition) is 6. The van der Waals surface area contributed by atoms with Gasteiger partial charge in [0, 0.05) is 24.9 Å². The third kappa shape index (κ3) is 6.97. The van der Waals surface area contributed by atoms with Crippen molar-refractivity contribution in [3.8, 4) is 10.7 Å². The lowest BCUT2D eigenvalue weighted by Gasteiger charge is -2.09. The number of allylic oxidation sites excluding steroid dienone is 2. The van der Waals surface area contributed by atoms with Gasteiger partial charge >= 0.3 is 0 Å². The van der Waals surface area contributed by atoms with Crippen LogP contribution in [-0.4, -0.2) is 28.3 Å². The van der Waals surface area contributed by atoms with Crippen LogP contribution in [0.1, 0.15) is 41.0 Å². The van der Waals surface area contributed by atoms with E-state index in [1.807, 2.05) is 25.1 Å². The van der Waals surface area contributed by atoms with Gasteiger partial charge in [0.05, 0.1) is 17.1 Å². The molecular weight excluding hydrogens is 398 g/mol. The second-order valence-corrected chi connectivity index (χ2v) is 7.60. The average molecular weight is 426 g/mol. The van der Waals surface area contributed by atoms with Crippen molar-refractivity contribution in [1.29, 1.82) is 0 Å². The van der Waals surface area contributed by atoms with Crippen LogP contribution in [0.5, 0.6) is 0 Å². The van der Waals surface area contributed by atoms with Crippen LogP contribution in [0.4, 0.5) is 0 Å². The number of unbranched alkanes of at least 4 members (excludes halogenated alkanes) is 2. The summed E-state index contributed by atoms with van der Waals surface area (Å²) in [6.45, 7) is 9.55. The Morgan fingerprint density at radius 3 is 2.73 bits per heavy atom. The van der Waals surface area contributed by atoms with Gasteiger partial charge in [-0.2, -0.15) is 0 Å². The molecular formula is C22H27N5O2S. The van der Waals surface area contributed by atoms with Crippen molar-refractivity contribution in [3.05, 3.63) is 71.7 Å². The Bertz CT molecular complexity index is 934. The minimum absolute atomic E-state index is 0.124. The molecule has 0 atom stereocenters. The first kappa shape index (κ1) is 23.0. The van der Waals surface area contributed by atoms with Gasteiger partial charge in [-0.1, -0.05) is 31.7 Å². The van der Waals surface area contributed by atoms with E-state index in [1.54, 1.807) is 18.3 Å². The second-order valence-electron chi connectivity index (χ2n) is 6.60. The molecule has 0 aliphatic heterocycles. The lowest BCUT2D eigenvalue weighted by molar-refractivity contribution is -0.120. The Hall–Kier alpha value is -3.26.